The monoisotopic (exact) mass is 393 g/mol. The molecule has 0 aliphatic heterocycles. The third-order valence-corrected chi connectivity index (χ3v) is 5.07. The molecule has 4 aromatic rings. The quantitative estimate of drug-likeness (QED) is 0.419. The Balaban J connectivity index is 1.48. The zero-order valence-corrected chi connectivity index (χ0v) is 16.0. The SMILES string of the molecule is O=C(O)Cn1cc(CCCOc2cccc3ccccc23)c2ccc(Cl)cc21. The summed E-state index contributed by atoms with van der Waals surface area (Å²) in [7, 11) is 0. The number of rotatable bonds is 7. The molecule has 0 unspecified atom stereocenters. The molecule has 1 aromatic heterocycles. The van der Waals surface area contributed by atoms with E-state index in [-0.39, 0.29) is 6.54 Å². The second-order valence-corrected chi connectivity index (χ2v) is 7.20. The van der Waals surface area contributed by atoms with Gasteiger partial charge in [0.05, 0.1) is 12.1 Å². The van der Waals surface area contributed by atoms with Gasteiger partial charge in [-0.2, -0.15) is 0 Å². The van der Waals surface area contributed by atoms with E-state index in [1.807, 2.05) is 48.7 Å². The molecule has 0 amide bonds. The van der Waals surface area contributed by atoms with E-state index in [0.29, 0.717) is 11.6 Å². The van der Waals surface area contributed by atoms with Gasteiger partial charge in [0.25, 0.3) is 0 Å². The first kappa shape index (κ1) is 18.4. The summed E-state index contributed by atoms with van der Waals surface area (Å²) in [4.78, 5) is 11.2. The number of halogens is 1. The standard InChI is InChI=1S/C23H20ClNO3/c24-18-10-11-19-17(14-25(15-23(26)27)21(19)13-18)7-4-12-28-22-9-3-6-16-5-1-2-8-20(16)22/h1-3,5-6,8-11,13-14H,4,7,12,15H2,(H,26,27). The van der Waals surface area contributed by atoms with Crippen LogP contribution < -0.4 is 4.74 Å². The van der Waals surface area contributed by atoms with Gasteiger partial charge in [0.15, 0.2) is 0 Å². The van der Waals surface area contributed by atoms with E-state index in [1.54, 1.807) is 4.57 Å². The van der Waals surface area contributed by atoms with Crippen molar-refractivity contribution in [2.45, 2.75) is 19.4 Å². The number of hydrogen-bond donors (Lipinski definition) is 1. The van der Waals surface area contributed by atoms with E-state index >= 15 is 0 Å². The highest BCUT2D eigenvalue weighted by Crippen LogP contribution is 2.27. The molecule has 1 N–H and O–H groups in total. The van der Waals surface area contributed by atoms with Gasteiger partial charge in [0.2, 0.25) is 0 Å². The van der Waals surface area contributed by atoms with Crippen LogP contribution in [-0.4, -0.2) is 22.2 Å². The summed E-state index contributed by atoms with van der Waals surface area (Å²) in [6.45, 7) is 0.510. The van der Waals surface area contributed by atoms with Crippen molar-refractivity contribution in [2.24, 2.45) is 0 Å². The predicted molar refractivity (Wildman–Crippen MR) is 112 cm³/mol. The molecule has 28 heavy (non-hydrogen) atoms. The molecule has 0 saturated carbocycles. The van der Waals surface area contributed by atoms with Crippen LogP contribution in [0.15, 0.2) is 66.9 Å². The van der Waals surface area contributed by atoms with E-state index in [2.05, 4.69) is 18.2 Å². The maximum absolute atomic E-state index is 11.2. The molecule has 0 radical (unpaired) electrons. The van der Waals surface area contributed by atoms with Gasteiger partial charge in [-0.3, -0.25) is 4.79 Å². The molecule has 0 aliphatic rings. The first-order chi connectivity index (χ1) is 13.6. The highest BCUT2D eigenvalue weighted by Gasteiger charge is 2.11. The molecule has 0 atom stereocenters. The van der Waals surface area contributed by atoms with Gasteiger partial charge in [-0.25, -0.2) is 0 Å². The first-order valence-electron chi connectivity index (χ1n) is 9.21. The van der Waals surface area contributed by atoms with Crippen molar-refractivity contribution in [1.82, 2.24) is 4.57 Å². The van der Waals surface area contributed by atoms with E-state index in [9.17, 15) is 4.79 Å². The summed E-state index contributed by atoms with van der Waals surface area (Å²) in [6.07, 6.45) is 3.54. The number of hydrogen-bond acceptors (Lipinski definition) is 2. The maximum Gasteiger partial charge on any atom is 0.323 e. The Kier molecular flexibility index (Phi) is 5.22. The molecule has 0 aliphatic carbocycles. The summed E-state index contributed by atoms with van der Waals surface area (Å²) in [6, 6.07) is 19.8. The number of fused-ring (bicyclic) bond motifs is 2. The minimum atomic E-state index is -0.872. The van der Waals surface area contributed by atoms with Crippen LogP contribution in [-0.2, 0) is 17.8 Å². The lowest BCUT2D eigenvalue weighted by Crippen LogP contribution is -2.07. The molecule has 1 heterocycles. The Morgan fingerprint density at radius 3 is 2.71 bits per heavy atom. The van der Waals surface area contributed by atoms with Gasteiger partial charge in [0.1, 0.15) is 12.3 Å². The number of benzene rings is 3. The fourth-order valence-electron chi connectivity index (χ4n) is 3.58. The molecule has 142 valence electrons. The Hall–Kier alpha value is -2.98. The van der Waals surface area contributed by atoms with Gasteiger partial charge >= 0.3 is 5.97 Å². The third-order valence-electron chi connectivity index (χ3n) is 4.83. The Labute approximate surface area is 167 Å². The van der Waals surface area contributed by atoms with E-state index in [4.69, 9.17) is 21.4 Å². The molecule has 5 heteroatoms. The summed E-state index contributed by atoms with van der Waals surface area (Å²) in [5, 5.41) is 13.1. The van der Waals surface area contributed by atoms with Crippen LogP contribution in [0.3, 0.4) is 0 Å². The lowest BCUT2D eigenvalue weighted by atomic mass is 10.1. The van der Waals surface area contributed by atoms with E-state index in [1.165, 1.54) is 0 Å². The number of aliphatic carboxylic acids is 1. The van der Waals surface area contributed by atoms with Crippen LogP contribution in [0, 0.1) is 0 Å². The minimum absolute atomic E-state index is 0.0800. The smallest absolute Gasteiger partial charge is 0.323 e. The van der Waals surface area contributed by atoms with Crippen molar-refractivity contribution in [2.75, 3.05) is 6.61 Å². The van der Waals surface area contributed by atoms with Crippen molar-refractivity contribution < 1.29 is 14.6 Å². The van der Waals surface area contributed by atoms with Gasteiger partial charge in [-0.1, -0.05) is 54.1 Å². The number of carboxylic acid groups (broad SMARTS) is 1. The molecule has 0 spiro atoms. The fraction of sp³-hybridized carbons (Fsp3) is 0.174. The van der Waals surface area contributed by atoms with Crippen LogP contribution in [0.2, 0.25) is 5.02 Å². The molecule has 4 rings (SSSR count). The third kappa shape index (κ3) is 3.82. The largest absolute Gasteiger partial charge is 0.493 e. The lowest BCUT2D eigenvalue weighted by Gasteiger charge is -2.09. The van der Waals surface area contributed by atoms with Crippen molar-refractivity contribution in [1.29, 1.82) is 0 Å². The number of carboxylic acids is 1. The van der Waals surface area contributed by atoms with E-state index < -0.39 is 5.97 Å². The highest BCUT2D eigenvalue weighted by molar-refractivity contribution is 6.31. The Morgan fingerprint density at radius 2 is 1.86 bits per heavy atom. The van der Waals surface area contributed by atoms with Crippen LogP contribution in [0.4, 0.5) is 0 Å². The molecule has 0 fully saturated rings. The Morgan fingerprint density at radius 1 is 1.04 bits per heavy atom. The molecular formula is C23H20ClNO3. The molecule has 0 saturated heterocycles. The molecule has 3 aromatic carbocycles. The zero-order valence-electron chi connectivity index (χ0n) is 15.3. The number of aryl methyl sites for hydroxylation is 1. The number of carbonyl (C=O) groups is 1. The van der Waals surface area contributed by atoms with Crippen molar-refractivity contribution >= 4 is 39.2 Å². The normalized spacial score (nSPS) is 11.2. The maximum atomic E-state index is 11.2. The van der Waals surface area contributed by atoms with Gasteiger partial charge in [0, 0.05) is 22.0 Å². The fourth-order valence-corrected chi connectivity index (χ4v) is 3.75. The number of ether oxygens (including phenoxy) is 1. The van der Waals surface area contributed by atoms with Crippen molar-refractivity contribution in [3.8, 4) is 5.75 Å². The molecule has 4 nitrogen and oxygen atoms in total. The minimum Gasteiger partial charge on any atom is -0.493 e. The zero-order chi connectivity index (χ0) is 19.5. The molecule has 0 bridgehead atoms. The van der Waals surface area contributed by atoms with Crippen LogP contribution in [0.25, 0.3) is 21.7 Å². The topological polar surface area (TPSA) is 51.5 Å². The second kappa shape index (κ2) is 7.95. The summed E-state index contributed by atoms with van der Waals surface area (Å²) < 4.78 is 7.76. The highest BCUT2D eigenvalue weighted by atomic mass is 35.5. The lowest BCUT2D eigenvalue weighted by molar-refractivity contribution is -0.137. The second-order valence-electron chi connectivity index (χ2n) is 6.77. The average Bonchev–Trinajstić information content (AvgIpc) is 3.01. The molecular weight excluding hydrogens is 374 g/mol. The summed E-state index contributed by atoms with van der Waals surface area (Å²) >= 11 is 6.10. The van der Waals surface area contributed by atoms with Gasteiger partial charge in [-0.05, 0) is 42.0 Å². The first-order valence-corrected chi connectivity index (χ1v) is 9.59. The van der Waals surface area contributed by atoms with Crippen molar-refractivity contribution in [3.05, 3.63) is 77.4 Å². The number of aromatic nitrogens is 1. The van der Waals surface area contributed by atoms with Gasteiger partial charge < -0.3 is 14.4 Å². The van der Waals surface area contributed by atoms with Crippen molar-refractivity contribution in [3.63, 3.8) is 0 Å². The average molecular weight is 394 g/mol. The van der Waals surface area contributed by atoms with Crippen LogP contribution >= 0.6 is 11.6 Å². The van der Waals surface area contributed by atoms with E-state index in [0.717, 1.165) is 45.8 Å². The number of nitrogens with zero attached hydrogens (tertiary/aromatic N) is 1. The van der Waals surface area contributed by atoms with Gasteiger partial charge in [-0.15, -0.1) is 0 Å². The summed E-state index contributed by atoms with van der Waals surface area (Å²) in [5.74, 6) is 0.0147. The van der Waals surface area contributed by atoms with Crippen LogP contribution in [0.5, 0.6) is 5.75 Å². The van der Waals surface area contributed by atoms with Crippen LogP contribution in [0.1, 0.15) is 12.0 Å². The predicted octanol–water partition coefficient (Wildman–Crippen LogP) is 5.54. The Bertz CT molecular complexity index is 1140. The summed E-state index contributed by atoms with van der Waals surface area (Å²) in [5.41, 5.74) is 1.95.